The zero-order valence-corrected chi connectivity index (χ0v) is 12.8. The topological polar surface area (TPSA) is 64.3 Å². The van der Waals surface area contributed by atoms with Gasteiger partial charge in [-0.2, -0.15) is 0 Å². The first-order valence-corrected chi connectivity index (χ1v) is 6.70. The molecule has 0 radical (unpaired) electrons. The number of hydrogen-bond donors (Lipinski definition) is 2. The third-order valence-electron chi connectivity index (χ3n) is 2.49. The van der Waals surface area contributed by atoms with Crippen LogP contribution in [0.4, 0.5) is 14.9 Å². The number of nitrogen functional groups attached to an aromatic ring is 1. The molecule has 0 aliphatic rings. The van der Waals surface area contributed by atoms with E-state index in [-0.39, 0.29) is 5.82 Å². The van der Waals surface area contributed by atoms with E-state index in [0.29, 0.717) is 29.8 Å². The van der Waals surface area contributed by atoms with E-state index in [2.05, 4.69) is 17.2 Å². The van der Waals surface area contributed by atoms with Crippen LogP contribution in [-0.4, -0.2) is 18.2 Å². The van der Waals surface area contributed by atoms with Crippen LogP contribution in [0.25, 0.3) is 0 Å². The first-order chi connectivity index (χ1) is 9.69. The lowest BCUT2D eigenvalue weighted by atomic mass is 10.1. The maximum absolute atomic E-state index is 13.2. The van der Waals surface area contributed by atoms with Crippen molar-refractivity contribution < 1.29 is 13.9 Å². The van der Waals surface area contributed by atoms with Crippen LogP contribution in [0.15, 0.2) is 12.1 Å². The van der Waals surface area contributed by atoms with Crippen LogP contribution in [0.1, 0.15) is 38.3 Å². The molecule has 3 N–H and O–H groups in total. The second-order valence-electron chi connectivity index (χ2n) is 5.66. The Bertz CT molecular complexity index is 580. The number of carbonyl (C=O) groups is 1. The van der Waals surface area contributed by atoms with Gasteiger partial charge in [-0.1, -0.05) is 11.8 Å². The van der Waals surface area contributed by atoms with Gasteiger partial charge in [0.15, 0.2) is 0 Å². The van der Waals surface area contributed by atoms with E-state index < -0.39 is 11.7 Å². The summed E-state index contributed by atoms with van der Waals surface area (Å²) in [4.78, 5) is 11.4. The van der Waals surface area contributed by atoms with Gasteiger partial charge in [-0.05, 0) is 45.4 Å². The summed E-state index contributed by atoms with van der Waals surface area (Å²) in [6.07, 6.45) is -0.0563. The molecular weight excluding hydrogens is 271 g/mol. The Balaban J connectivity index is 2.50. The quantitative estimate of drug-likeness (QED) is 0.500. The average Bonchev–Trinajstić information content (AvgIpc) is 2.32. The predicted molar refractivity (Wildman–Crippen MR) is 81.3 cm³/mol. The second kappa shape index (κ2) is 6.98. The second-order valence-corrected chi connectivity index (χ2v) is 5.66. The number of carbonyl (C=O) groups excluding carboxylic acids is 1. The van der Waals surface area contributed by atoms with Crippen molar-refractivity contribution in [3.8, 4) is 11.8 Å². The molecule has 0 bridgehead atoms. The van der Waals surface area contributed by atoms with Gasteiger partial charge >= 0.3 is 6.09 Å². The first kappa shape index (κ1) is 16.8. The molecule has 1 amide bonds. The molecule has 114 valence electrons. The van der Waals surface area contributed by atoms with Crippen LogP contribution in [0.5, 0.6) is 0 Å². The summed E-state index contributed by atoms with van der Waals surface area (Å²) < 4.78 is 18.3. The number of aryl methyl sites for hydroxylation is 1. The molecule has 5 heteroatoms. The van der Waals surface area contributed by atoms with Crippen LogP contribution in [-0.2, 0) is 4.74 Å². The summed E-state index contributed by atoms with van der Waals surface area (Å²) >= 11 is 0. The fourth-order valence-electron chi connectivity index (χ4n) is 1.56. The number of rotatable bonds is 2. The molecule has 1 rings (SSSR count). The number of anilines is 1. The molecule has 0 unspecified atom stereocenters. The molecule has 0 aliphatic heterocycles. The molecule has 0 aliphatic carbocycles. The third-order valence-corrected chi connectivity index (χ3v) is 2.49. The lowest BCUT2D eigenvalue weighted by molar-refractivity contribution is 0.0529. The van der Waals surface area contributed by atoms with Gasteiger partial charge < -0.3 is 15.8 Å². The number of hydrogen-bond acceptors (Lipinski definition) is 3. The Morgan fingerprint density at radius 3 is 2.71 bits per heavy atom. The Hall–Kier alpha value is -2.22. The number of nitrogens with one attached hydrogen (secondary N) is 1. The lowest BCUT2D eigenvalue weighted by Crippen LogP contribution is -2.32. The molecule has 1 aromatic carbocycles. The summed E-state index contributed by atoms with van der Waals surface area (Å²) in [5.41, 5.74) is 6.90. The normalized spacial score (nSPS) is 10.5. The van der Waals surface area contributed by atoms with Crippen LogP contribution < -0.4 is 11.1 Å². The highest BCUT2D eigenvalue weighted by atomic mass is 19.1. The molecular formula is C16H21FN2O2. The van der Waals surface area contributed by atoms with Gasteiger partial charge in [-0.25, -0.2) is 9.18 Å². The summed E-state index contributed by atoms with van der Waals surface area (Å²) in [7, 11) is 0. The van der Waals surface area contributed by atoms with Crippen molar-refractivity contribution in [3.63, 3.8) is 0 Å². The average molecular weight is 292 g/mol. The van der Waals surface area contributed by atoms with Crippen LogP contribution >= 0.6 is 0 Å². The summed E-state index contributed by atoms with van der Waals surface area (Å²) in [6.45, 7) is 7.47. The molecule has 0 spiro atoms. The number of amides is 1. The van der Waals surface area contributed by atoms with Gasteiger partial charge in [0.2, 0.25) is 0 Å². The summed E-state index contributed by atoms with van der Waals surface area (Å²) in [5, 5.41) is 2.59. The molecule has 0 heterocycles. The summed E-state index contributed by atoms with van der Waals surface area (Å²) in [6, 6.07) is 2.67. The van der Waals surface area contributed by atoms with Crippen molar-refractivity contribution in [1.82, 2.24) is 5.32 Å². The highest BCUT2D eigenvalue weighted by molar-refractivity contribution is 5.67. The zero-order valence-electron chi connectivity index (χ0n) is 12.8. The fraction of sp³-hybridized carbons (Fsp3) is 0.438. The molecule has 4 nitrogen and oxygen atoms in total. The predicted octanol–water partition coefficient (Wildman–Crippen LogP) is 2.98. The van der Waals surface area contributed by atoms with Gasteiger partial charge in [0.1, 0.15) is 11.4 Å². The molecule has 0 atom stereocenters. The van der Waals surface area contributed by atoms with Crippen molar-refractivity contribution in [2.24, 2.45) is 0 Å². The Kier molecular flexibility index (Phi) is 5.60. The molecule has 0 aromatic heterocycles. The number of alkyl carbamates (subject to hydrolysis) is 1. The van der Waals surface area contributed by atoms with Crippen LogP contribution in [0, 0.1) is 24.6 Å². The summed E-state index contributed by atoms with van der Waals surface area (Å²) in [5.74, 6) is 5.29. The highest BCUT2D eigenvalue weighted by Crippen LogP contribution is 2.17. The van der Waals surface area contributed by atoms with Gasteiger partial charge in [0.05, 0.1) is 11.3 Å². The largest absolute Gasteiger partial charge is 0.444 e. The molecule has 21 heavy (non-hydrogen) atoms. The Morgan fingerprint density at radius 1 is 1.43 bits per heavy atom. The monoisotopic (exact) mass is 292 g/mol. The number of benzene rings is 1. The maximum atomic E-state index is 13.2. The van der Waals surface area contributed by atoms with Crippen LogP contribution in [0.3, 0.4) is 0 Å². The van der Waals surface area contributed by atoms with Crippen molar-refractivity contribution in [2.75, 3.05) is 12.3 Å². The van der Waals surface area contributed by atoms with E-state index in [9.17, 15) is 9.18 Å². The van der Waals surface area contributed by atoms with Crippen LogP contribution in [0.2, 0.25) is 0 Å². The van der Waals surface area contributed by atoms with E-state index >= 15 is 0 Å². The lowest BCUT2D eigenvalue weighted by Gasteiger charge is -2.19. The van der Waals surface area contributed by atoms with E-state index in [0.717, 1.165) is 0 Å². The van der Waals surface area contributed by atoms with E-state index in [1.54, 1.807) is 27.7 Å². The minimum absolute atomic E-state index is 0.357. The van der Waals surface area contributed by atoms with Crippen molar-refractivity contribution in [3.05, 3.63) is 29.1 Å². The van der Waals surface area contributed by atoms with E-state index in [4.69, 9.17) is 10.5 Å². The number of ether oxygens (including phenoxy) is 1. The van der Waals surface area contributed by atoms with Crippen molar-refractivity contribution in [1.29, 1.82) is 0 Å². The molecule has 0 fully saturated rings. The number of halogens is 1. The van der Waals surface area contributed by atoms with Gasteiger partial charge in [0, 0.05) is 13.0 Å². The minimum atomic E-state index is -0.524. The molecule has 1 aromatic rings. The van der Waals surface area contributed by atoms with Crippen molar-refractivity contribution in [2.45, 2.75) is 39.7 Å². The smallest absolute Gasteiger partial charge is 0.407 e. The Morgan fingerprint density at radius 2 is 2.10 bits per heavy atom. The number of nitrogens with two attached hydrogens (primary N) is 1. The zero-order chi connectivity index (χ0) is 16.0. The first-order valence-electron chi connectivity index (χ1n) is 6.70. The van der Waals surface area contributed by atoms with Gasteiger partial charge in [-0.15, -0.1) is 0 Å². The van der Waals surface area contributed by atoms with Crippen molar-refractivity contribution >= 4 is 11.8 Å². The van der Waals surface area contributed by atoms with E-state index in [1.807, 2.05) is 0 Å². The maximum Gasteiger partial charge on any atom is 0.407 e. The molecule has 0 saturated heterocycles. The standard InChI is InChI=1S/C16H21FN2O2/c1-11-9-13(17)10-12(14(11)18)7-5-6-8-19-15(20)21-16(2,3)4/h9-10H,6,8,18H2,1-4H3,(H,19,20). The fourth-order valence-corrected chi connectivity index (χ4v) is 1.56. The minimum Gasteiger partial charge on any atom is -0.444 e. The SMILES string of the molecule is Cc1cc(F)cc(C#CCCNC(=O)OC(C)(C)C)c1N. The van der Waals surface area contributed by atoms with Gasteiger partial charge in [0.25, 0.3) is 0 Å². The highest BCUT2D eigenvalue weighted by Gasteiger charge is 2.15. The Labute approximate surface area is 124 Å². The third kappa shape index (κ3) is 6.17. The molecule has 0 saturated carbocycles. The van der Waals surface area contributed by atoms with E-state index in [1.165, 1.54) is 12.1 Å². The van der Waals surface area contributed by atoms with Gasteiger partial charge in [-0.3, -0.25) is 0 Å².